The summed E-state index contributed by atoms with van der Waals surface area (Å²) in [6, 6.07) is 7.90. The number of hydrogen-bond donors (Lipinski definition) is 1. The van der Waals surface area contributed by atoms with E-state index in [2.05, 4.69) is 11.8 Å². The molecule has 0 atom stereocenters. The summed E-state index contributed by atoms with van der Waals surface area (Å²) in [7, 11) is 0. The van der Waals surface area contributed by atoms with Crippen LogP contribution in [0, 0.1) is 0 Å². The summed E-state index contributed by atoms with van der Waals surface area (Å²) >= 11 is 0. The first-order chi connectivity index (χ1) is 9.19. The van der Waals surface area contributed by atoms with Crippen LogP contribution in [0.2, 0.25) is 0 Å². The second kappa shape index (κ2) is 6.40. The topological polar surface area (TPSA) is 32.7 Å². The largest absolute Gasteiger partial charge is 0.493 e. The Morgan fingerprint density at radius 1 is 1.21 bits per heavy atom. The van der Waals surface area contributed by atoms with E-state index in [1.165, 1.54) is 6.42 Å². The number of rotatable bonds is 5. The lowest BCUT2D eigenvalue weighted by molar-refractivity contribution is -0.0275. The van der Waals surface area contributed by atoms with Crippen molar-refractivity contribution in [3.05, 3.63) is 29.8 Å². The predicted octanol–water partition coefficient (Wildman–Crippen LogP) is 2.78. The van der Waals surface area contributed by atoms with Crippen molar-refractivity contribution in [1.29, 1.82) is 0 Å². The Morgan fingerprint density at radius 3 is 2.53 bits per heavy atom. The second-order valence-corrected chi connectivity index (χ2v) is 5.30. The molecule has 0 radical (unpaired) electrons. The number of hydrogen-bond acceptors (Lipinski definition) is 3. The lowest BCUT2D eigenvalue weighted by Gasteiger charge is -2.39. The molecule has 0 aliphatic carbocycles. The van der Waals surface area contributed by atoms with E-state index in [0.29, 0.717) is 6.61 Å². The van der Waals surface area contributed by atoms with Gasteiger partial charge in [0.1, 0.15) is 5.75 Å². The number of aliphatic hydroxyl groups is 1. The Balaban J connectivity index is 2.13. The van der Waals surface area contributed by atoms with E-state index in [-0.39, 0.29) is 0 Å². The van der Waals surface area contributed by atoms with E-state index >= 15 is 0 Å². The van der Waals surface area contributed by atoms with E-state index in [1.807, 2.05) is 31.2 Å². The quantitative estimate of drug-likeness (QED) is 0.886. The Morgan fingerprint density at radius 2 is 1.89 bits per heavy atom. The molecule has 1 heterocycles. The monoisotopic (exact) mass is 263 g/mol. The normalized spacial score (nSPS) is 19.3. The average Bonchev–Trinajstić information content (AvgIpc) is 2.43. The molecule has 106 valence electrons. The molecule has 1 N–H and O–H groups in total. The molecule has 2 rings (SSSR count). The smallest absolute Gasteiger partial charge is 0.125 e. The molecule has 1 aliphatic heterocycles. The molecule has 1 aromatic rings. The Labute approximate surface area is 116 Å². The van der Waals surface area contributed by atoms with Crippen molar-refractivity contribution in [1.82, 2.24) is 4.90 Å². The van der Waals surface area contributed by atoms with Crippen molar-refractivity contribution < 1.29 is 9.84 Å². The number of benzene rings is 1. The zero-order valence-electron chi connectivity index (χ0n) is 12.1. The highest BCUT2D eigenvalue weighted by Crippen LogP contribution is 2.37. The van der Waals surface area contributed by atoms with Gasteiger partial charge in [-0.25, -0.2) is 0 Å². The average molecular weight is 263 g/mol. The predicted molar refractivity (Wildman–Crippen MR) is 77.5 cm³/mol. The Hall–Kier alpha value is -1.06. The molecule has 1 saturated heterocycles. The van der Waals surface area contributed by atoms with Crippen molar-refractivity contribution in [2.24, 2.45) is 0 Å². The summed E-state index contributed by atoms with van der Waals surface area (Å²) < 4.78 is 5.66. The van der Waals surface area contributed by atoms with Gasteiger partial charge < -0.3 is 14.7 Å². The van der Waals surface area contributed by atoms with Gasteiger partial charge in [-0.3, -0.25) is 0 Å². The van der Waals surface area contributed by atoms with Gasteiger partial charge in [-0.15, -0.1) is 0 Å². The lowest BCUT2D eigenvalue weighted by atomic mass is 9.84. The van der Waals surface area contributed by atoms with E-state index < -0.39 is 5.60 Å². The maximum Gasteiger partial charge on any atom is 0.125 e. The number of likely N-dealkylation sites (tertiary alicyclic amines) is 1. The molecule has 3 heteroatoms. The number of nitrogens with zero attached hydrogens (tertiary/aromatic N) is 1. The van der Waals surface area contributed by atoms with Crippen molar-refractivity contribution in [2.45, 2.75) is 38.7 Å². The van der Waals surface area contributed by atoms with Crippen LogP contribution in [-0.2, 0) is 5.60 Å². The fourth-order valence-electron chi connectivity index (χ4n) is 2.86. The molecule has 0 amide bonds. The first-order valence-corrected chi connectivity index (χ1v) is 7.36. The van der Waals surface area contributed by atoms with E-state index in [9.17, 15) is 5.11 Å². The van der Waals surface area contributed by atoms with Crippen LogP contribution in [0.5, 0.6) is 5.75 Å². The summed E-state index contributed by atoms with van der Waals surface area (Å²) in [5.74, 6) is 0.830. The van der Waals surface area contributed by atoms with Gasteiger partial charge in [-0.2, -0.15) is 0 Å². The van der Waals surface area contributed by atoms with Gasteiger partial charge in [0.05, 0.1) is 12.2 Å². The SMILES string of the molecule is CCCN1CCC(O)(c2ccccc2OCC)CC1. The zero-order valence-corrected chi connectivity index (χ0v) is 12.1. The van der Waals surface area contributed by atoms with Crippen molar-refractivity contribution >= 4 is 0 Å². The number of ether oxygens (including phenoxy) is 1. The minimum atomic E-state index is -0.726. The van der Waals surface area contributed by atoms with Gasteiger partial charge in [0.15, 0.2) is 0 Å². The van der Waals surface area contributed by atoms with Crippen LogP contribution in [-0.4, -0.2) is 36.2 Å². The van der Waals surface area contributed by atoms with Crippen LogP contribution in [0.25, 0.3) is 0 Å². The van der Waals surface area contributed by atoms with Crippen molar-refractivity contribution in [3.8, 4) is 5.75 Å². The maximum atomic E-state index is 10.9. The van der Waals surface area contributed by atoms with Crippen LogP contribution in [0.3, 0.4) is 0 Å². The van der Waals surface area contributed by atoms with Gasteiger partial charge >= 0.3 is 0 Å². The highest BCUT2D eigenvalue weighted by Gasteiger charge is 2.35. The van der Waals surface area contributed by atoms with Crippen LogP contribution in [0.15, 0.2) is 24.3 Å². The summed E-state index contributed by atoms with van der Waals surface area (Å²) in [5.41, 5.74) is 0.226. The summed E-state index contributed by atoms with van der Waals surface area (Å²) in [4.78, 5) is 2.43. The van der Waals surface area contributed by atoms with Crippen molar-refractivity contribution in [3.63, 3.8) is 0 Å². The van der Waals surface area contributed by atoms with Crippen LogP contribution >= 0.6 is 0 Å². The Bertz CT molecular complexity index is 397. The first kappa shape index (κ1) is 14.4. The highest BCUT2D eigenvalue weighted by atomic mass is 16.5. The van der Waals surface area contributed by atoms with Gasteiger partial charge in [0, 0.05) is 18.7 Å². The molecule has 3 nitrogen and oxygen atoms in total. The molecule has 0 unspecified atom stereocenters. The fourth-order valence-corrected chi connectivity index (χ4v) is 2.86. The number of para-hydroxylation sites is 1. The third-order valence-corrected chi connectivity index (χ3v) is 3.91. The minimum Gasteiger partial charge on any atom is -0.493 e. The third-order valence-electron chi connectivity index (χ3n) is 3.91. The molecule has 0 bridgehead atoms. The van der Waals surface area contributed by atoms with Crippen LogP contribution in [0.1, 0.15) is 38.7 Å². The molecule has 1 aromatic carbocycles. The molecular formula is C16H25NO2. The third kappa shape index (κ3) is 3.28. The van der Waals surface area contributed by atoms with Gasteiger partial charge in [-0.05, 0) is 38.8 Å². The van der Waals surface area contributed by atoms with Gasteiger partial charge in [0.2, 0.25) is 0 Å². The molecular weight excluding hydrogens is 238 g/mol. The molecule has 0 saturated carbocycles. The van der Waals surface area contributed by atoms with Gasteiger partial charge in [-0.1, -0.05) is 25.1 Å². The van der Waals surface area contributed by atoms with E-state index in [4.69, 9.17) is 4.74 Å². The molecule has 0 spiro atoms. The molecule has 1 fully saturated rings. The van der Waals surface area contributed by atoms with Crippen LogP contribution < -0.4 is 4.74 Å². The summed E-state index contributed by atoms with van der Waals surface area (Å²) in [5, 5.41) is 10.9. The van der Waals surface area contributed by atoms with E-state index in [0.717, 1.165) is 43.8 Å². The highest BCUT2D eigenvalue weighted by molar-refractivity contribution is 5.38. The van der Waals surface area contributed by atoms with Gasteiger partial charge in [0.25, 0.3) is 0 Å². The zero-order chi connectivity index (χ0) is 13.7. The fraction of sp³-hybridized carbons (Fsp3) is 0.625. The molecule has 0 aromatic heterocycles. The van der Waals surface area contributed by atoms with Crippen LogP contribution in [0.4, 0.5) is 0 Å². The number of piperidine rings is 1. The Kier molecular flexibility index (Phi) is 4.83. The summed E-state index contributed by atoms with van der Waals surface area (Å²) in [6.45, 7) is 7.86. The van der Waals surface area contributed by atoms with Crippen molar-refractivity contribution in [2.75, 3.05) is 26.2 Å². The second-order valence-electron chi connectivity index (χ2n) is 5.30. The molecule has 1 aliphatic rings. The standard InChI is InChI=1S/C16H25NO2/c1-3-11-17-12-9-16(18,10-13-17)14-7-5-6-8-15(14)19-4-2/h5-8,18H,3-4,9-13H2,1-2H3. The first-order valence-electron chi connectivity index (χ1n) is 7.36. The maximum absolute atomic E-state index is 10.9. The van der Waals surface area contributed by atoms with E-state index in [1.54, 1.807) is 0 Å². The minimum absolute atomic E-state index is 0.634. The summed E-state index contributed by atoms with van der Waals surface area (Å²) in [6.07, 6.45) is 2.75. The lowest BCUT2D eigenvalue weighted by Crippen LogP contribution is -2.42. The molecule has 19 heavy (non-hydrogen) atoms.